The van der Waals surface area contributed by atoms with Crippen LogP contribution >= 0.6 is 0 Å². The van der Waals surface area contributed by atoms with Crippen molar-refractivity contribution in [2.45, 2.75) is 24.6 Å². The van der Waals surface area contributed by atoms with E-state index in [1.165, 1.54) is 18.2 Å². The zero-order chi connectivity index (χ0) is 20.1. The van der Waals surface area contributed by atoms with E-state index in [4.69, 9.17) is 4.74 Å². The third kappa shape index (κ3) is 6.17. The molecule has 0 spiro atoms. The normalized spacial score (nSPS) is 11.7. The van der Waals surface area contributed by atoms with E-state index in [0.29, 0.717) is 12.4 Å². The fourth-order valence-electron chi connectivity index (χ4n) is 2.01. The predicted molar refractivity (Wildman–Crippen MR) is 90.0 cm³/mol. The quantitative estimate of drug-likeness (QED) is 0.765. The van der Waals surface area contributed by atoms with Crippen molar-refractivity contribution in [1.29, 1.82) is 0 Å². The second-order valence-corrected chi connectivity index (χ2v) is 7.01. The molecule has 0 unspecified atom stereocenters. The fourth-order valence-corrected chi connectivity index (χ4v) is 2.98. The monoisotopic (exact) mass is 403 g/mol. The van der Waals surface area contributed by atoms with E-state index in [0.717, 1.165) is 30.7 Å². The number of carbonyl (C=O) groups is 1. The molecule has 0 aliphatic heterocycles. The molecule has 27 heavy (non-hydrogen) atoms. The molecule has 0 bridgehead atoms. The van der Waals surface area contributed by atoms with Crippen molar-refractivity contribution in [2.24, 2.45) is 0 Å². The van der Waals surface area contributed by atoms with E-state index in [9.17, 15) is 26.4 Å². The maximum atomic E-state index is 12.2. The lowest BCUT2D eigenvalue weighted by atomic mass is 10.2. The molecule has 0 aliphatic carbocycles. The first kappa shape index (κ1) is 20.6. The SMILES string of the molecule is CCCOc1cccc(C(=O)NS(=O)(=O)c2ccc(OC(F)(F)F)cc2)c1. The van der Waals surface area contributed by atoms with Crippen LogP contribution in [0.4, 0.5) is 13.2 Å². The Hall–Kier alpha value is -2.75. The molecule has 2 aromatic carbocycles. The second kappa shape index (κ2) is 8.30. The van der Waals surface area contributed by atoms with Gasteiger partial charge in [0.1, 0.15) is 11.5 Å². The first-order chi connectivity index (χ1) is 12.6. The van der Waals surface area contributed by atoms with Gasteiger partial charge in [0.05, 0.1) is 11.5 Å². The zero-order valence-electron chi connectivity index (χ0n) is 14.1. The van der Waals surface area contributed by atoms with Crippen LogP contribution in [-0.4, -0.2) is 27.3 Å². The largest absolute Gasteiger partial charge is 0.573 e. The lowest BCUT2D eigenvalue weighted by molar-refractivity contribution is -0.274. The van der Waals surface area contributed by atoms with Crippen LogP contribution in [0.25, 0.3) is 0 Å². The maximum Gasteiger partial charge on any atom is 0.573 e. The molecular weight excluding hydrogens is 387 g/mol. The van der Waals surface area contributed by atoms with Gasteiger partial charge in [-0.2, -0.15) is 0 Å². The number of benzene rings is 2. The Morgan fingerprint density at radius 3 is 2.33 bits per heavy atom. The first-order valence-electron chi connectivity index (χ1n) is 7.76. The van der Waals surface area contributed by atoms with Gasteiger partial charge in [0.15, 0.2) is 0 Å². The molecule has 2 aromatic rings. The summed E-state index contributed by atoms with van der Waals surface area (Å²) in [6.07, 6.45) is -4.13. The number of carbonyl (C=O) groups excluding carboxylic acids is 1. The van der Waals surface area contributed by atoms with Crippen molar-refractivity contribution in [2.75, 3.05) is 6.61 Å². The Balaban J connectivity index is 2.12. The van der Waals surface area contributed by atoms with Gasteiger partial charge in [-0.3, -0.25) is 4.79 Å². The molecule has 0 aliphatic rings. The molecule has 0 fully saturated rings. The minimum absolute atomic E-state index is 0.0594. The molecule has 0 radical (unpaired) electrons. The third-order valence-corrected chi connectivity index (χ3v) is 4.51. The van der Waals surface area contributed by atoms with Gasteiger partial charge in [-0.25, -0.2) is 13.1 Å². The van der Waals surface area contributed by atoms with Crippen molar-refractivity contribution in [3.05, 3.63) is 54.1 Å². The highest BCUT2D eigenvalue weighted by molar-refractivity contribution is 7.90. The lowest BCUT2D eigenvalue weighted by Gasteiger charge is -2.11. The minimum Gasteiger partial charge on any atom is -0.494 e. The Morgan fingerprint density at radius 2 is 1.74 bits per heavy atom. The van der Waals surface area contributed by atoms with Crippen molar-refractivity contribution in [1.82, 2.24) is 4.72 Å². The number of rotatable bonds is 7. The number of amides is 1. The summed E-state index contributed by atoms with van der Waals surface area (Å²) in [5, 5.41) is 0. The zero-order valence-corrected chi connectivity index (χ0v) is 14.9. The number of ether oxygens (including phenoxy) is 2. The Morgan fingerprint density at radius 1 is 1.07 bits per heavy atom. The number of halogens is 3. The van der Waals surface area contributed by atoms with Crippen LogP contribution in [0.2, 0.25) is 0 Å². The van der Waals surface area contributed by atoms with Gasteiger partial charge in [-0.05, 0) is 48.9 Å². The van der Waals surface area contributed by atoms with Crippen molar-refractivity contribution in [3.63, 3.8) is 0 Å². The molecule has 1 amide bonds. The summed E-state index contributed by atoms with van der Waals surface area (Å²) >= 11 is 0. The van der Waals surface area contributed by atoms with Gasteiger partial charge in [0, 0.05) is 5.56 Å². The smallest absolute Gasteiger partial charge is 0.494 e. The topological polar surface area (TPSA) is 81.7 Å². The summed E-state index contributed by atoms with van der Waals surface area (Å²) in [5.41, 5.74) is 0.0594. The van der Waals surface area contributed by atoms with Gasteiger partial charge < -0.3 is 9.47 Å². The van der Waals surface area contributed by atoms with Crippen LogP contribution in [0.3, 0.4) is 0 Å². The maximum absolute atomic E-state index is 12.2. The molecular formula is C17H16F3NO5S. The van der Waals surface area contributed by atoms with Crippen molar-refractivity contribution >= 4 is 15.9 Å². The van der Waals surface area contributed by atoms with E-state index < -0.39 is 28.0 Å². The van der Waals surface area contributed by atoms with E-state index >= 15 is 0 Å². The number of alkyl halides is 3. The summed E-state index contributed by atoms with van der Waals surface area (Å²) in [4.78, 5) is 11.8. The number of hydrogen-bond donors (Lipinski definition) is 1. The molecule has 0 saturated carbocycles. The highest BCUT2D eigenvalue weighted by Gasteiger charge is 2.31. The van der Waals surface area contributed by atoms with Crippen LogP contribution in [0.1, 0.15) is 23.7 Å². The fraction of sp³-hybridized carbons (Fsp3) is 0.235. The van der Waals surface area contributed by atoms with Crippen LogP contribution in [-0.2, 0) is 10.0 Å². The summed E-state index contributed by atoms with van der Waals surface area (Å²) < 4.78 is 71.8. The molecule has 146 valence electrons. The van der Waals surface area contributed by atoms with Gasteiger partial charge in [0.2, 0.25) is 0 Å². The average molecular weight is 403 g/mol. The number of hydrogen-bond acceptors (Lipinski definition) is 5. The van der Waals surface area contributed by atoms with Crippen LogP contribution in [0.5, 0.6) is 11.5 Å². The molecule has 0 saturated heterocycles. The minimum atomic E-state index is -4.89. The Bertz CT molecular complexity index is 896. The van der Waals surface area contributed by atoms with E-state index in [1.807, 2.05) is 11.6 Å². The number of nitrogens with one attached hydrogen (secondary N) is 1. The summed E-state index contributed by atoms with van der Waals surface area (Å²) in [6, 6.07) is 9.44. The molecule has 0 heterocycles. The van der Waals surface area contributed by atoms with Gasteiger partial charge in [-0.15, -0.1) is 13.2 Å². The Kier molecular flexibility index (Phi) is 6.32. The van der Waals surface area contributed by atoms with Crippen molar-refractivity contribution < 1.29 is 35.9 Å². The summed E-state index contributed by atoms with van der Waals surface area (Å²) in [6.45, 7) is 2.35. The molecule has 10 heteroatoms. The summed E-state index contributed by atoms with van der Waals surface area (Å²) in [5.74, 6) is -1.06. The molecule has 1 N–H and O–H groups in total. The molecule has 2 rings (SSSR count). The molecule has 0 atom stereocenters. The summed E-state index contributed by atoms with van der Waals surface area (Å²) in [7, 11) is -4.28. The second-order valence-electron chi connectivity index (χ2n) is 5.33. The molecule has 6 nitrogen and oxygen atoms in total. The predicted octanol–water partition coefficient (Wildman–Crippen LogP) is 3.49. The van der Waals surface area contributed by atoms with E-state index in [1.54, 1.807) is 6.07 Å². The van der Waals surface area contributed by atoms with Gasteiger partial charge in [0.25, 0.3) is 15.9 Å². The van der Waals surface area contributed by atoms with Crippen molar-refractivity contribution in [3.8, 4) is 11.5 Å². The van der Waals surface area contributed by atoms with Crippen LogP contribution in [0.15, 0.2) is 53.4 Å². The standard InChI is InChI=1S/C17H16F3NO5S/c1-2-10-25-14-5-3-4-12(11-14)16(22)21-27(23,24)15-8-6-13(7-9-15)26-17(18,19)20/h3-9,11H,2,10H2,1H3,(H,21,22). The average Bonchev–Trinajstić information content (AvgIpc) is 2.59. The van der Waals surface area contributed by atoms with Gasteiger partial charge >= 0.3 is 6.36 Å². The van der Waals surface area contributed by atoms with E-state index in [2.05, 4.69) is 4.74 Å². The number of sulfonamides is 1. The lowest BCUT2D eigenvalue weighted by Crippen LogP contribution is -2.30. The molecule has 0 aromatic heterocycles. The van der Waals surface area contributed by atoms with Crippen LogP contribution < -0.4 is 14.2 Å². The highest BCUT2D eigenvalue weighted by atomic mass is 32.2. The Labute approximate surface area is 154 Å². The van der Waals surface area contributed by atoms with Crippen LogP contribution in [0, 0.1) is 0 Å². The van der Waals surface area contributed by atoms with Gasteiger partial charge in [-0.1, -0.05) is 13.0 Å². The third-order valence-electron chi connectivity index (χ3n) is 3.16. The van der Waals surface area contributed by atoms with E-state index in [-0.39, 0.29) is 10.5 Å². The highest BCUT2D eigenvalue weighted by Crippen LogP contribution is 2.24. The first-order valence-corrected chi connectivity index (χ1v) is 9.25.